The number of aromatic hydroxyl groups is 1. The number of hydrogen-bond acceptors (Lipinski definition) is 8. The van der Waals surface area contributed by atoms with E-state index in [-0.39, 0.29) is 49.3 Å². The first kappa shape index (κ1) is 35.9. The fourth-order valence-electron chi connectivity index (χ4n) is 4.11. The van der Waals surface area contributed by atoms with Crippen LogP contribution in [0.25, 0.3) is 0 Å². The van der Waals surface area contributed by atoms with Gasteiger partial charge in [0.05, 0.1) is 11.6 Å². The average Bonchev–Trinajstić information content (AvgIpc) is 2.90. The highest BCUT2D eigenvalue weighted by atomic mass is 16.6. The Morgan fingerprint density at radius 3 is 2.16 bits per heavy atom. The molecule has 0 aliphatic heterocycles. The van der Waals surface area contributed by atoms with Crippen molar-refractivity contribution >= 4 is 29.8 Å². The van der Waals surface area contributed by atoms with Crippen molar-refractivity contribution < 1.29 is 38.5 Å². The van der Waals surface area contributed by atoms with E-state index in [9.17, 15) is 24.3 Å². The number of benzene rings is 2. The van der Waals surface area contributed by atoms with Crippen molar-refractivity contribution in [2.75, 3.05) is 11.9 Å². The first-order valence-electron chi connectivity index (χ1n) is 14.8. The van der Waals surface area contributed by atoms with E-state index in [1.54, 1.807) is 60.6 Å². The van der Waals surface area contributed by atoms with E-state index in [0.717, 1.165) is 5.56 Å². The number of esters is 1. The van der Waals surface area contributed by atoms with Gasteiger partial charge in [0, 0.05) is 19.0 Å². The first-order valence-corrected chi connectivity index (χ1v) is 14.8. The van der Waals surface area contributed by atoms with Crippen molar-refractivity contribution in [2.24, 2.45) is 5.92 Å². The van der Waals surface area contributed by atoms with Gasteiger partial charge in [0.1, 0.15) is 23.6 Å². The van der Waals surface area contributed by atoms with Gasteiger partial charge in [0.2, 0.25) is 5.91 Å². The normalized spacial score (nSPS) is 12.8. The van der Waals surface area contributed by atoms with Crippen LogP contribution in [0.15, 0.2) is 48.5 Å². The molecule has 0 spiro atoms. The van der Waals surface area contributed by atoms with Crippen LogP contribution in [0.4, 0.5) is 15.3 Å². The number of amides is 3. The van der Waals surface area contributed by atoms with E-state index in [0.29, 0.717) is 18.4 Å². The van der Waals surface area contributed by atoms with Gasteiger partial charge in [-0.1, -0.05) is 43.3 Å². The van der Waals surface area contributed by atoms with E-state index in [1.165, 1.54) is 6.07 Å². The van der Waals surface area contributed by atoms with Gasteiger partial charge in [-0.3, -0.25) is 9.59 Å². The molecule has 2 rings (SSSR count). The molecule has 0 aromatic heterocycles. The van der Waals surface area contributed by atoms with Gasteiger partial charge in [-0.15, -0.1) is 0 Å². The summed E-state index contributed by atoms with van der Waals surface area (Å²) in [6, 6.07) is 13.5. The van der Waals surface area contributed by atoms with Gasteiger partial charge < -0.3 is 35.3 Å². The summed E-state index contributed by atoms with van der Waals surface area (Å²) < 4.78 is 16.1. The lowest BCUT2D eigenvalue weighted by Crippen LogP contribution is -2.42. The standard InChI is InChI=1S/C33H47N3O8/c1-22(29(39)43-32(2,3)4)18-25(35-31(41)44-33(5,6)7)19-24-15-16-27(37)26(20-24)36-28(38)14-11-17-34-30(40)42-21-23-12-9-8-10-13-23/h8-10,12-13,15-16,20,22,25,37H,11,14,17-19,21H2,1-7H3,(H,34,40)(H,35,41)(H,36,38)/t22?,25-/m1/s1. The third-order valence-electron chi connectivity index (χ3n) is 6.05. The lowest BCUT2D eigenvalue weighted by Gasteiger charge is -2.27. The van der Waals surface area contributed by atoms with Crippen LogP contribution in [0.5, 0.6) is 5.75 Å². The second kappa shape index (κ2) is 16.5. The molecule has 2 atom stereocenters. The van der Waals surface area contributed by atoms with Crippen LogP contribution >= 0.6 is 0 Å². The third-order valence-corrected chi connectivity index (χ3v) is 6.05. The Morgan fingerprint density at radius 1 is 0.864 bits per heavy atom. The van der Waals surface area contributed by atoms with E-state index in [2.05, 4.69) is 16.0 Å². The summed E-state index contributed by atoms with van der Waals surface area (Å²) in [5.41, 5.74) is 0.427. The molecule has 11 nitrogen and oxygen atoms in total. The zero-order valence-electron chi connectivity index (χ0n) is 26.8. The highest BCUT2D eigenvalue weighted by molar-refractivity contribution is 5.92. The number of nitrogens with one attached hydrogen (secondary N) is 3. The molecule has 0 fully saturated rings. The molecule has 11 heteroatoms. The minimum absolute atomic E-state index is 0.0961. The summed E-state index contributed by atoms with van der Waals surface area (Å²) >= 11 is 0. The zero-order valence-corrected chi connectivity index (χ0v) is 26.8. The van der Waals surface area contributed by atoms with E-state index >= 15 is 0 Å². The van der Waals surface area contributed by atoms with E-state index < -0.39 is 35.3 Å². The SMILES string of the molecule is CC(C[C@H](Cc1ccc(O)c(NC(=O)CCCNC(=O)OCc2ccccc2)c1)NC(=O)OC(C)(C)C)C(=O)OC(C)(C)C. The number of alkyl carbamates (subject to hydrolysis) is 2. The first-order chi connectivity index (χ1) is 20.5. The molecule has 0 heterocycles. The van der Waals surface area contributed by atoms with E-state index in [1.807, 2.05) is 30.3 Å². The van der Waals surface area contributed by atoms with Crippen LogP contribution in [0.1, 0.15) is 78.9 Å². The molecule has 4 N–H and O–H groups in total. The molecule has 0 bridgehead atoms. The maximum absolute atomic E-state index is 12.6. The Balaban J connectivity index is 1.96. The minimum Gasteiger partial charge on any atom is -0.506 e. The lowest BCUT2D eigenvalue weighted by atomic mass is 9.95. The zero-order chi connectivity index (χ0) is 32.9. The molecular weight excluding hydrogens is 566 g/mol. The number of ether oxygens (including phenoxy) is 3. The van der Waals surface area contributed by atoms with Crippen molar-refractivity contribution in [3.8, 4) is 5.75 Å². The highest BCUT2D eigenvalue weighted by Gasteiger charge is 2.27. The van der Waals surface area contributed by atoms with Gasteiger partial charge in [0.15, 0.2) is 0 Å². The number of carbonyl (C=O) groups is 4. The summed E-state index contributed by atoms with van der Waals surface area (Å²) in [7, 11) is 0. The molecule has 0 saturated carbocycles. The monoisotopic (exact) mass is 613 g/mol. The van der Waals surface area contributed by atoms with Gasteiger partial charge in [-0.25, -0.2) is 9.59 Å². The van der Waals surface area contributed by atoms with Crippen LogP contribution in [0.3, 0.4) is 0 Å². The molecule has 242 valence electrons. The maximum atomic E-state index is 12.6. The second-order valence-electron chi connectivity index (χ2n) is 12.7. The molecule has 44 heavy (non-hydrogen) atoms. The Hall–Kier alpha value is -4.28. The molecule has 0 aliphatic rings. The number of carbonyl (C=O) groups excluding carboxylic acids is 4. The van der Waals surface area contributed by atoms with Crippen molar-refractivity contribution in [2.45, 2.75) is 98.0 Å². The summed E-state index contributed by atoms with van der Waals surface area (Å²) in [4.78, 5) is 49.7. The Kier molecular flexibility index (Phi) is 13.5. The van der Waals surface area contributed by atoms with Crippen molar-refractivity contribution in [1.29, 1.82) is 0 Å². The lowest BCUT2D eigenvalue weighted by molar-refractivity contribution is -0.159. The smallest absolute Gasteiger partial charge is 0.407 e. The molecule has 1 unspecified atom stereocenters. The third kappa shape index (κ3) is 14.8. The van der Waals surface area contributed by atoms with Crippen LogP contribution < -0.4 is 16.0 Å². The van der Waals surface area contributed by atoms with Crippen LogP contribution in [-0.2, 0) is 36.8 Å². The number of phenolic OH excluding ortho intramolecular Hbond substituents is 1. The molecule has 0 aliphatic carbocycles. The Labute approximate surface area is 260 Å². The summed E-state index contributed by atoms with van der Waals surface area (Å²) in [5, 5.41) is 18.5. The van der Waals surface area contributed by atoms with Gasteiger partial charge >= 0.3 is 18.2 Å². The highest BCUT2D eigenvalue weighted by Crippen LogP contribution is 2.26. The summed E-state index contributed by atoms with van der Waals surface area (Å²) in [5.74, 6) is -1.37. The average molecular weight is 614 g/mol. The molecule has 3 amide bonds. The Bertz CT molecular complexity index is 1250. The van der Waals surface area contributed by atoms with E-state index in [4.69, 9.17) is 14.2 Å². The predicted octanol–water partition coefficient (Wildman–Crippen LogP) is 5.84. The summed E-state index contributed by atoms with van der Waals surface area (Å²) in [6.45, 7) is 12.8. The van der Waals surface area contributed by atoms with Crippen molar-refractivity contribution in [3.63, 3.8) is 0 Å². The predicted molar refractivity (Wildman–Crippen MR) is 167 cm³/mol. The van der Waals surface area contributed by atoms with Crippen LogP contribution in [0, 0.1) is 5.92 Å². The van der Waals surface area contributed by atoms with Crippen LogP contribution in [0.2, 0.25) is 0 Å². The van der Waals surface area contributed by atoms with Crippen molar-refractivity contribution in [3.05, 3.63) is 59.7 Å². The molecular formula is C33H47N3O8. The van der Waals surface area contributed by atoms with Gasteiger partial charge in [-0.05, 0) is 84.1 Å². The fourth-order valence-corrected chi connectivity index (χ4v) is 4.11. The fraction of sp³-hybridized carbons (Fsp3) is 0.515. The molecule has 2 aromatic rings. The number of phenols is 1. The second-order valence-corrected chi connectivity index (χ2v) is 12.7. The molecule has 0 saturated heterocycles. The summed E-state index contributed by atoms with van der Waals surface area (Å²) in [6.07, 6.45) is -0.170. The largest absolute Gasteiger partial charge is 0.506 e. The quantitative estimate of drug-likeness (QED) is 0.0952. The van der Waals surface area contributed by atoms with Crippen LogP contribution in [-0.4, -0.2) is 53.0 Å². The molecule has 0 radical (unpaired) electrons. The van der Waals surface area contributed by atoms with Crippen molar-refractivity contribution in [1.82, 2.24) is 10.6 Å². The topological polar surface area (TPSA) is 152 Å². The number of anilines is 1. The van der Waals surface area contributed by atoms with Gasteiger partial charge in [0.25, 0.3) is 0 Å². The molecule has 2 aromatic carbocycles. The minimum atomic E-state index is -0.709. The van der Waals surface area contributed by atoms with Gasteiger partial charge in [-0.2, -0.15) is 0 Å². The maximum Gasteiger partial charge on any atom is 0.407 e. The number of rotatable bonds is 13. The Morgan fingerprint density at radius 2 is 1.52 bits per heavy atom. The number of hydrogen-bond donors (Lipinski definition) is 4.